The normalized spacial score (nSPS) is 16.9. The molecule has 3 nitrogen and oxygen atoms in total. The Balaban J connectivity index is 1.79. The number of carbonyl (C=O) groups is 1. The van der Waals surface area contributed by atoms with E-state index in [1.807, 2.05) is 19.1 Å². The van der Waals surface area contributed by atoms with Gasteiger partial charge in [0.1, 0.15) is 0 Å². The summed E-state index contributed by atoms with van der Waals surface area (Å²) in [6.07, 6.45) is 4.35. The summed E-state index contributed by atoms with van der Waals surface area (Å²) in [6.45, 7) is 2.82. The molecule has 0 aliphatic heterocycles. The average molecular weight is 372 g/mol. The molecule has 1 aromatic rings. The topological polar surface area (TPSA) is 49.3 Å². The van der Waals surface area contributed by atoms with Gasteiger partial charge < -0.3 is 10.4 Å². The fraction of sp³-hybridized carbons (Fsp3) is 0.562. The van der Waals surface area contributed by atoms with E-state index in [2.05, 4.69) is 27.3 Å². The number of rotatable bonds is 6. The summed E-state index contributed by atoms with van der Waals surface area (Å²) >= 11 is 5.00. The van der Waals surface area contributed by atoms with Crippen LogP contribution in [0.5, 0.6) is 0 Å². The number of aryl methyl sites for hydroxylation is 1. The zero-order valence-corrected chi connectivity index (χ0v) is 14.7. The zero-order chi connectivity index (χ0) is 15.3. The summed E-state index contributed by atoms with van der Waals surface area (Å²) in [4.78, 5) is 13.1. The fourth-order valence-electron chi connectivity index (χ4n) is 2.77. The monoisotopic (exact) mass is 371 g/mol. The standard InChI is InChI=1S/C16H22BrNO2S/c1-12-8-13(17)4-5-14(12)21-9-15(20)18-10-16(11-19)6-2-3-7-16/h4-5,8,19H,2-3,6-7,9-11H2,1H3,(H,18,20). The minimum Gasteiger partial charge on any atom is -0.396 e. The summed E-state index contributed by atoms with van der Waals surface area (Å²) in [7, 11) is 0. The lowest BCUT2D eigenvalue weighted by Gasteiger charge is -2.26. The Morgan fingerprint density at radius 1 is 1.43 bits per heavy atom. The molecule has 0 unspecified atom stereocenters. The van der Waals surface area contributed by atoms with Gasteiger partial charge in [-0.2, -0.15) is 0 Å². The maximum absolute atomic E-state index is 12.0. The third-order valence-corrected chi connectivity index (χ3v) is 5.82. The van der Waals surface area contributed by atoms with E-state index >= 15 is 0 Å². The Bertz CT molecular complexity index is 501. The zero-order valence-electron chi connectivity index (χ0n) is 12.3. The van der Waals surface area contributed by atoms with Crippen LogP contribution in [0.4, 0.5) is 0 Å². The number of benzene rings is 1. The van der Waals surface area contributed by atoms with Crippen molar-refractivity contribution < 1.29 is 9.90 Å². The lowest BCUT2D eigenvalue weighted by atomic mass is 9.87. The van der Waals surface area contributed by atoms with Crippen LogP contribution in [0.3, 0.4) is 0 Å². The highest BCUT2D eigenvalue weighted by molar-refractivity contribution is 9.10. The first-order chi connectivity index (χ1) is 10.0. The van der Waals surface area contributed by atoms with Crippen LogP contribution in [0.15, 0.2) is 27.6 Å². The summed E-state index contributed by atoms with van der Waals surface area (Å²) in [5.41, 5.74) is 1.10. The summed E-state index contributed by atoms with van der Waals surface area (Å²) < 4.78 is 1.06. The second kappa shape index (κ2) is 7.65. The molecular formula is C16H22BrNO2S. The van der Waals surface area contributed by atoms with Crippen molar-refractivity contribution in [1.82, 2.24) is 5.32 Å². The summed E-state index contributed by atoms with van der Waals surface area (Å²) in [6, 6.07) is 6.08. The molecule has 1 amide bonds. The molecule has 2 N–H and O–H groups in total. The molecule has 1 fully saturated rings. The van der Waals surface area contributed by atoms with Crippen molar-refractivity contribution in [1.29, 1.82) is 0 Å². The number of nitrogens with one attached hydrogen (secondary N) is 1. The molecule has 0 radical (unpaired) electrons. The predicted octanol–water partition coefficient (Wildman–Crippen LogP) is 3.52. The van der Waals surface area contributed by atoms with Gasteiger partial charge in [-0.05, 0) is 43.5 Å². The van der Waals surface area contributed by atoms with Crippen molar-refractivity contribution in [2.45, 2.75) is 37.5 Å². The van der Waals surface area contributed by atoms with Crippen molar-refractivity contribution in [3.63, 3.8) is 0 Å². The van der Waals surface area contributed by atoms with E-state index in [1.165, 1.54) is 5.56 Å². The number of hydrogen-bond donors (Lipinski definition) is 2. The van der Waals surface area contributed by atoms with Crippen molar-refractivity contribution >= 4 is 33.6 Å². The first-order valence-corrected chi connectivity index (χ1v) is 9.09. The van der Waals surface area contributed by atoms with E-state index in [1.54, 1.807) is 11.8 Å². The van der Waals surface area contributed by atoms with E-state index < -0.39 is 0 Å². The molecule has 21 heavy (non-hydrogen) atoms. The summed E-state index contributed by atoms with van der Waals surface area (Å²) in [5, 5.41) is 12.5. The maximum Gasteiger partial charge on any atom is 0.230 e. The Kier molecular flexibility index (Phi) is 6.14. The molecule has 0 atom stereocenters. The van der Waals surface area contributed by atoms with Crippen LogP contribution >= 0.6 is 27.7 Å². The maximum atomic E-state index is 12.0. The minimum absolute atomic E-state index is 0.0436. The smallest absolute Gasteiger partial charge is 0.230 e. The third-order valence-electron chi connectivity index (χ3n) is 4.16. The van der Waals surface area contributed by atoms with Crippen LogP contribution in [-0.2, 0) is 4.79 Å². The van der Waals surface area contributed by atoms with Crippen molar-refractivity contribution in [3.8, 4) is 0 Å². The van der Waals surface area contributed by atoms with Crippen LogP contribution in [-0.4, -0.2) is 29.9 Å². The van der Waals surface area contributed by atoms with Crippen LogP contribution in [0.25, 0.3) is 0 Å². The van der Waals surface area contributed by atoms with E-state index in [0.29, 0.717) is 12.3 Å². The van der Waals surface area contributed by atoms with Gasteiger partial charge in [0.25, 0.3) is 0 Å². The van der Waals surface area contributed by atoms with Gasteiger partial charge in [0, 0.05) is 21.3 Å². The molecule has 1 saturated carbocycles. The first-order valence-electron chi connectivity index (χ1n) is 7.31. The van der Waals surface area contributed by atoms with Crippen molar-refractivity contribution in [2.24, 2.45) is 5.41 Å². The predicted molar refractivity (Wildman–Crippen MR) is 90.6 cm³/mol. The molecular weight excluding hydrogens is 350 g/mol. The van der Waals surface area contributed by atoms with Gasteiger partial charge in [0.2, 0.25) is 5.91 Å². The molecule has 1 aliphatic carbocycles. The number of carbonyl (C=O) groups excluding carboxylic acids is 1. The molecule has 116 valence electrons. The van der Waals surface area contributed by atoms with Gasteiger partial charge in [-0.3, -0.25) is 4.79 Å². The van der Waals surface area contributed by atoms with Crippen LogP contribution in [0.1, 0.15) is 31.2 Å². The number of hydrogen-bond acceptors (Lipinski definition) is 3. The van der Waals surface area contributed by atoms with E-state index in [4.69, 9.17) is 0 Å². The molecule has 0 bridgehead atoms. The van der Waals surface area contributed by atoms with E-state index in [-0.39, 0.29) is 17.9 Å². The Morgan fingerprint density at radius 3 is 2.76 bits per heavy atom. The van der Waals surface area contributed by atoms with Crippen molar-refractivity contribution in [2.75, 3.05) is 18.9 Å². The van der Waals surface area contributed by atoms with Gasteiger partial charge >= 0.3 is 0 Å². The van der Waals surface area contributed by atoms with Gasteiger partial charge in [-0.1, -0.05) is 28.8 Å². The average Bonchev–Trinajstić information content (AvgIpc) is 2.94. The quantitative estimate of drug-likeness (QED) is 0.752. The number of aliphatic hydroxyl groups excluding tert-OH is 1. The summed E-state index contributed by atoms with van der Waals surface area (Å²) in [5.74, 6) is 0.464. The SMILES string of the molecule is Cc1cc(Br)ccc1SCC(=O)NCC1(CO)CCCC1. The Morgan fingerprint density at radius 2 is 2.14 bits per heavy atom. The van der Waals surface area contributed by atoms with Gasteiger partial charge in [0.05, 0.1) is 12.4 Å². The van der Waals surface area contributed by atoms with Gasteiger partial charge in [-0.25, -0.2) is 0 Å². The molecule has 0 saturated heterocycles. The second-order valence-corrected chi connectivity index (χ2v) is 7.77. The molecule has 0 aromatic heterocycles. The fourth-order valence-corrected chi connectivity index (χ4v) is 4.09. The highest BCUT2D eigenvalue weighted by Crippen LogP contribution is 2.36. The van der Waals surface area contributed by atoms with E-state index in [0.717, 1.165) is 35.1 Å². The number of aliphatic hydroxyl groups is 1. The number of thioether (sulfide) groups is 1. The highest BCUT2D eigenvalue weighted by Gasteiger charge is 2.33. The molecule has 5 heteroatoms. The van der Waals surface area contributed by atoms with Gasteiger partial charge in [0.15, 0.2) is 0 Å². The highest BCUT2D eigenvalue weighted by atomic mass is 79.9. The third kappa shape index (κ3) is 4.73. The first kappa shape index (κ1) is 16.8. The van der Waals surface area contributed by atoms with Crippen molar-refractivity contribution in [3.05, 3.63) is 28.2 Å². The lowest BCUT2D eigenvalue weighted by molar-refractivity contribution is -0.119. The molecule has 2 rings (SSSR count). The van der Waals surface area contributed by atoms with Crippen LogP contribution in [0, 0.1) is 12.3 Å². The van der Waals surface area contributed by atoms with Gasteiger partial charge in [-0.15, -0.1) is 11.8 Å². The minimum atomic E-state index is -0.0755. The lowest BCUT2D eigenvalue weighted by Crippen LogP contribution is -2.39. The van der Waals surface area contributed by atoms with E-state index in [9.17, 15) is 9.90 Å². The molecule has 0 spiro atoms. The second-order valence-electron chi connectivity index (χ2n) is 5.84. The molecule has 1 aliphatic rings. The van der Waals surface area contributed by atoms with Crippen LogP contribution in [0.2, 0.25) is 0 Å². The van der Waals surface area contributed by atoms with Crippen LogP contribution < -0.4 is 5.32 Å². The molecule has 1 aromatic carbocycles. The molecule has 0 heterocycles. The Labute approximate surface area is 139 Å². The largest absolute Gasteiger partial charge is 0.396 e. The number of amides is 1. The Hall–Kier alpha value is -0.520. The number of halogens is 1.